The van der Waals surface area contributed by atoms with Gasteiger partial charge in [0.05, 0.1) is 6.26 Å². The van der Waals surface area contributed by atoms with Gasteiger partial charge in [-0.2, -0.15) is 8.42 Å². The summed E-state index contributed by atoms with van der Waals surface area (Å²) in [5.74, 6) is 0. The summed E-state index contributed by atoms with van der Waals surface area (Å²) < 4.78 is 28.2. The molecule has 0 unspecified atom stereocenters. The lowest BCUT2D eigenvalue weighted by Crippen LogP contribution is -2.37. The number of nitrogens with zero attached hydrogens (tertiary/aromatic N) is 1. The van der Waals surface area contributed by atoms with Gasteiger partial charge in [-0.1, -0.05) is 19.9 Å². The average molecular weight is 246 g/mol. The first-order chi connectivity index (χ1) is 7.38. The standard InChI is InChI=1S/C10H16N.CH4O3S/c1-3-8-11-9-6-5-7-10(11)4-2;1-5(2,3)4/h5-7,9H,3-4,8H2,1-2H3;1H3,(H,2,3,4)/q+1;. The molecule has 1 N–H and O–H groups in total. The van der Waals surface area contributed by atoms with Crippen LogP contribution < -0.4 is 4.57 Å². The molecule has 0 radical (unpaired) electrons. The van der Waals surface area contributed by atoms with Crippen LogP contribution in [0.5, 0.6) is 0 Å². The van der Waals surface area contributed by atoms with Crippen LogP contribution >= 0.6 is 0 Å². The topological polar surface area (TPSA) is 58.2 Å². The van der Waals surface area contributed by atoms with E-state index in [4.69, 9.17) is 4.55 Å². The van der Waals surface area contributed by atoms with Crippen molar-refractivity contribution in [3.63, 3.8) is 0 Å². The molecule has 0 bridgehead atoms. The Bertz CT molecular complexity index is 393. The Balaban J connectivity index is 0.000000385. The van der Waals surface area contributed by atoms with Crippen LogP contribution in [0.2, 0.25) is 0 Å². The minimum atomic E-state index is -3.67. The third-order valence-electron chi connectivity index (χ3n) is 1.86. The number of aromatic nitrogens is 1. The van der Waals surface area contributed by atoms with Crippen LogP contribution in [0.3, 0.4) is 0 Å². The first-order valence-corrected chi connectivity index (χ1v) is 7.13. The van der Waals surface area contributed by atoms with E-state index < -0.39 is 10.1 Å². The summed E-state index contributed by atoms with van der Waals surface area (Å²) in [6.07, 6.45) is 5.21. The molecule has 0 aliphatic rings. The summed E-state index contributed by atoms with van der Waals surface area (Å²) in [5, 5.41) is 0. The minimum absolute atomic E-state index is 0.715. The molecule has 92 valence electrons. The highest BCUT2D eigenvalue weighted by Crippen LogP contribution is 1.92. The van der Waals surface area contributed by atoms with Crippen LogP contribution in [0, 0.1) is 0 Å². The molecule has 0 atom stereocenters. The van der Waals surface area contributed by atoms with Crippen molar-refractivity contribution < 1.29 is 17.5 Å². The second-order valence-electron chi connectivity index (χ2n) is 3.47. The summed E-state index contributed by atoms with van der Waals surface area (Å²) >= 11 is 0. The van der Waals surface area contributed by atoms with Gasteiger partial charge in [0.25, 0.3) is 10.1 Å². The Kier molecular flexibility index (Phi) is 6.92. The van der Waals surface area contributed by atoms with Crippen LogP contribution in [0.4, 0.5) is 0 Å². The molecule has 1 rings (SSSR count). The zero-order chi connectivity index (χ0) is 12.6. The monoisotopic (exact) mass is 246 g/mol. The lowest BCUT2D eigenvalue weighted by atomic mass is 10.3. The van der Waals surface area contributed by atoms with Crippen molar-refractivity contribution in [2.24, 2.45) is 0 Å². The highest BCUT2D eigenvalue weighted by Gasteiger charge is 2.03. The number of rotatable bonds is 3. The smallest absolute Gasteiger partial charge is 0.261 e. The van der Waals surface area contributed by atoms with E-state index in [1.54, 1.807) is 0 Å². The second kappa shape index (κ2) is 7.35. The molecular weight excluding hydrogens is 226 g/mol. The van der Waals surface area contributed by atoms with Crippen LogP contribution in [-0.2, 0) is 23.1 Å². The fourth-order valence-corrected chi connectivity index (χ4v) is 1.29. The maximum atomic E-state index is 9.19. The number of aryl methyl sites for hydroxylation is 2. The molecule has 0 aliphatic heterocycles. The van der Waals surface area contributed by atoms with Gasteiger partial charge in [-0.15, -0.1) is 0 Å². The first kappa shape index (κ1) is 15.1. The van der Waals surface area contributed by atoms with Gasteiger partial charge < -0.3 is 0 Å². The highest BCUT2D eigenvalue weighted by atomic mass is 32.2. The SMILES string of the molecule is CCC[n+]1ccccc1CC.CS(=O)(=O)O. The third kappa shape index (κ3) is 8.38. The van der Waals surface area contributed by atoms with E-state index in [1.807, 2.05) is 0 Å². The lowest BCUT2D eigenvalue weighted by molar-refractivity contribution is -0.704. The van der Waals surface area contributed by atoms with E-state index in [0.717, 1.165) is 13.0 Å². The van der Waals surface area contributed by atoms with Gasteiger partial charge in [-0.25, -0.2) is 4.57 Å². The number of pyridine rings is 1. The maximum absolute atomic E-state index is 9.19. The molecular formula is C11H20NO3S+. The Morgan fingerprint density at radius 2 is 1.88 bits per heavy atom. The molecule has 0 aromatic carbocycles. The Morgan fingerprint density at radius 1 is 1.31 bits per heavy atom. The summed E-state index contributed by atoms with van der Waals surface area (Å²) in [4.78, 5) is 0. The fraction of sp³-hybridized carbons (Fsp3) is 0.545. The summed E-state index contributed by atoms with van der Waals surface area (Å²) in [6, 6.07) is 6.38. The zero-order valence-electron chi connectivity index (χ0n) is 10.0. The Labute approximate surface area is 97.7 Å². The van der Waals surface area contributed by atoms with Gasteiger partial charge in [-0.05, 0) is 0 Å². The largest absolute Gasteiger partial charge is 0.286 e. The average Bonchev–Trinajstić information content (AvgIpc) is 2.16. The minimum Gasteiger partial charge on any atom is -0.286 e. The van der Waals surface area contributed by atoms with E-state index >= 15 is 0 Å². The van der Waals surface area contributed by atoms with Gasteiger partial charge in [0.15, 0.2) is 11.9 Å². The molecule has 0 saturated heterocycles. The van der Waals surface area contributed by atoms with Gasteiger partial charge in [0.2, 0.25) is 0 Å². The molecule has 5 heteroatoms. The number of hydrogen-bond acceptors (Lipinski definition) is 2. The van der Waals surface area contributed by atoms with Crippen molar-refractivity contribution in [3.8, 4) is 0 Å². The highest BCUT2D eigenvalue weighted by molar-refractivity contribution is 7.85. The van der Waals surface area contributed by atoms with Crippen molar-refractivity contribution >= 4 is 10.1 Å². The predicted octanol–water partition coefficient (Wildman–Crippen LogP) is 1.45. The summed E-state index contributed by atoms with van der Waals surface area (Å²) in [6.45, 7) is 5.55. The Morgan fingerprint density at radius 3 is 2.31 bits per heavy atom. The van der Waals surface area contributed by atoms with E-state index in [1.165, 1.54) is 12.1 Å². The second-order valence-corrected chi connectivity index (χ2v) is 4.94. The molecule has 0 saturated carbocycles. The molecule has 4 nitrogen and oxygen atoms in total. The van der Waals surface area contributed by atoms with Gasteiger partial charge >= 0.3 is 0 Å². The lowest BCUT2D eigenvalue weighted by Gasteiger charge is -1.98. The van der Waals surface area contributed by atoms with Gasteiger partial charge in [0.1, 0.15) is 6.54 Å². The molecule has 1 aromatic heterocycles. The molecule has 0 aliphatic carbocycles. The quantitative estimate of drug-likeness (QED) is 0.648. The molecule has 0 amide bonds. The van der Waals surface area contributed by atoms with E-state index in [2.05, 4.69) is 42.8 Å². The fourth-order valence-electron chi connectivity index (χ4n) is 1.29. The summed E-state index contributed by atoms with van der Waals surface area (Å²) in [7, 11) is -3.67. The molecule has 1 heterocycles. The van der Waals surface area contributed by atoms with E-state index in [0.29, 0.717) is 6.26 Å². The van der Waals surface area contributed by atoms with Crippen LogP contribution in [0.25, 0.3) is 0 Å². The summed E-state index contributed by atoms with van der Waals surface area (Å²) in [5.41, 5.74) is 1.43. The van der Waals surface area contributed by atoms with Gasteiger partial charge in [-0.3, -0.25) is 4.55 Å². The van der Waals surface area contributed by atoms with E-state index in [9.17, 15) is 8.42 Å². The predicted molar refractivity (Wildman–Crippen MR) is 63.8 cm³/mol. The molecule has 16 heavy (non-hydrogen) atoms. The van der Waals surface area contributed by atoms with Crippen molar-refractivity contribution in [2.75, 3.05) is 6.26 Å². The van der Waals surface area contributed by atoms with Crippen molar-refractivity contribution in [2.45, 2.75) is 33.2 Å². The molecule has 0 spiro atoms. The van der Waals surface area contributed by atoms with Crippen LogP contribution in [0.1, 0.15) is 26.0 Å². The van der Waals surface area contributed by atoms with Gasteiger partial charge in [0, 0.05) is 25.0 Å². The van der Waals surface area contributed by atoms with Crippen molar-refractivity contribution in [3.05, 3.63) is 30.1 Å². The molecule has 1 aromatic rings. The van der Waals surface area contributed by atoms with Crippen molar-refractivity contribution in [1.82, 2.24) is 0 Å². The zero-order valence-corrected chi connectivity index (χ0v) is 10.9. The first-order valence-electron chi connectivity index (χ1n) is 5.28. The van der Waals surface area contributed by atoms with E-state index in [-0.39, 0.29) is 0 Å². The Hall–Kier alpha value is -0.940. The van der Waals surface area contributed by atoms with Crippen molar-refractivity contribution in [1.29, 1.82) is 0 Å². The molecule has 0 fully saturated rings. The normalized spacial score (nSPS) is 10.5. The third-order valence-corrected chi connectivity index (χ3v) is 1.86. The van der Waals surface area contributed by atoms with Crippen LogP contribution in [-0.4, -0.2) is 19.2 Å². The number of hydrogen-bond donors (Lipinski definition) is 1. The van der Waals surface area contributed by atoms with Crippen LogP contribution in [0.15, 0.2) is 24.4 Å². The maximum Gasteiger partial charge on any atom is 0.261 e.